The van der Waals surface area contributed by atoms with E-state index in [1.54, 1.807) is 23.5 Å². The molecule has 0 saturated heterocycles. The number of carbonyl (C=O) groups is 4. The molecule has 0 unspecified atom stereocenters. The van der Waals surface area contributed by atoms with Crippen molar-refractivity contribution in [1.29, 1.82) is 0 Å². The van der Waals surface area contributed by atoms with E-state index in [2.05, 4.69) is 23.8 Å². The first-order valence-electron chi connectivity index (χ1n) is 18.4. The van der Waals surface area contributed by atoms with Crippen molar-refractivity contribution in [1.82, 2.24) is 24.3 Å². The zero-order chi connectivity index (χ0) is 41.6. The molecule has 1 aromatic heterocycles. The van der Waals surface area contributed by atoms with Gasteiger partial charge in [0.25, 0.3) is 0 Å². The van der Waals surface area contributed by atoms with Crippen molar-refractivity contribution in [3.8, 4) is 0 Å². The van der Waals surface area contributed by atoms with Crippen LogP contribution < -0.4 is 27.7 Å². The van der Waals surface area contributed by atoms with Crippen LogP contribution in [0.2, 0.25) is 0 Å². The van der Waals surface area contributed by atoms with Gasteiger partial charge >= 0.3 is 47.4 Å². The van der Waals surface area contributed by atoms with Crippen molar-refractivity contribution < 1.29 is 51.3 Å². The van der Waals surface area contributed by atoms with E-state index in [0.29, 0.717) is 46.3 Å². The number of nitrogens with zero attached hydrogens (tertiary/aromatic N) is 3. The monoisotopic (exact) mass is 841 g/mol. The van der Waals surface area contributed by atoms with E-state index in [-0.39, 0.29) is 57.2 Å². The van der Waals surface area contributed by atoms with Crippen LogP contribution in [-0.4, -0.2) is 107 Å². The Labute approximate surface area is 331 Å². The molecule has 56 heavy (non-hydrogen) atoms. The van der Waals surface area contributed by atoms with Crippen LogP contribution in [0.1, 0.15) is 64.2 Å². The molecular formula is C35H54F3N5O11S2. The third kappa shape index (κ3) is 23.7. The number of unbranched alkanes of at least 4 members (excludes halogenated alkanes) is 6. The number of rotatable bonds is 31. The fraction of sp³-hybridized carbons (Fsp3) is 0.686. The van der Waals surface area contributed by atoms with Gasteiger partial charge in [-0.05, 0) is 61.5 Å². The number of halogens is 3. The standard InChI is InChI=1S/C35H54F3N5O11S2/c1-3-28(44)51-21-15-39-30(46)53-19-9-5-7-11-23-55-25-13-17-41-32(48)42(34(50)43(33(41)49)27-35(36,37)38)18-14-26-56-24-12-8-6-10-20-54-31(47)40-16-22-52-29(45)4-2/h3-4H,1-2,5-27H2,(H,39,46)(H,40,47). The Morgan fingerprint density at radius 1 is 0.554 bits per heavy atom. The Morgan fingerprint density at radius 3 is 1.32 bits per heavy atom. The van der Waals surface area contributed by atoms with E-state index in [0.717, 1.165) is 62.2 Å². The number of ether oxygens (including phenoxy) is 4. The minimum atomic E-state index is -4.83. The summed E-state index contributed by atoms with van der Waals surface area (Å²) in [5.74, 6) is 1.49. The summed E-state index contributed by atoms with van der Waals surface area (Å²) in [7, 11) is 0. The van der Waals surface area contributed by atoms with Crippen molar-refractivity contribution in [2.75, 3.05) is 62.5 Å². The first-order valence-corrected chi connectivity index (χ1v) is 20.7. The van der Waals surface area contributed by atoms with Gasteiger partial charge < -0.3 is 29.6 Å². The molecule has 2 N–H and O–H groups in total. The van der Waals surface area contributed by atoms with E-state index in [1.807, 2.05) is 0 Å². The molecule has 0 aliphatic rings. The summed E-state index contributed by atoms with van der Waals surface area (Å²) < 4.78 is 60.9. The van der Waals surface area contributed by atoms with Crippen LogP contribution in [-0.2, 0) is 48.2 Å². The predicted molar refractivity (Wildman–Crippen MR) is 207 cm³/mol. The molecule has 1 aromatic rings. The van der Waals surface area contributed by atoms with Crippen LogP contribution in [0.5, 0.6) is 0 Å². The van der Waals surface area contributed by atoms with Gasteiger partial charge in [-0.2, -0.15) is 36.7 Å². The number of amides is 2. The van der Waals surface area contributed by atoms with Crippen LogP contribution in [0.4, 0.5) is 22.8 Å². The lowest BCUT2D eigenvalue weighted by Gasteiger charge is -2.15. The lowest BCUT2D eigenvalue weighted by atomic mass is 10.2. The Kier molecular flexibility index (Phi) is 26.8. The molecule has 16 nitrogen and oxygen atoms in total. The van der Waals surface area contributed by atoms with Crippen molar-refractivity contribution in [2.24, 2.45) is 0 Å². The molecule has 0 aliphatic carbocycles. The third-order valence-corrected chi connectivity index (χ3v) is 9.77. The minimum Gasteiger partial charge on any atom is -0.461 e. The van der Waals surface area contributed by atoms with Crippen LogP contribution in [0.3, 0.4) is 0 Å². The summed E-state index contributed by atoms with van der Waals surface area (Å²) in [6, 6.07) is 0. The average molecular weight is 842 g/mol. The maximum absolute atomic E-state index is 13.3. The summed E-state index contributed by atoms with van der Waals surface area (Å²) in [4.78, 5) is 83.8. The molecule has 318 valence electrons. The van der Waals surface area contributed by atoms with Gasteiger partial charge in [-0.3, -0.25) is 0 Å². The minimum absolute atomic E-state index is 0.00708. The highest BCUT2D eigenvalue weighted by Gasteiger charge is 2.31. The molecule has 0 spiro atoms. The Hall–Kier alpha value is -4.14. The maximum atomic E-state index is 13.3. The molecule has 0 radical (unpaired) electrons. The highest BCUT2D eigenvalue weighted by atomic mass is 32.2. The summed E-state index contributed by atoms with van der Waals surface area (Å²) in [5.41, 5.74) is -3.48. The molecule has 1 heterocycles. The fourth-order valence-corrected chi connectivity index (χ4v) is 6.60. The summed E-state index contributed by atoms with van der Waals surface area (Å²) >= 11 is 3.15. The highest BCUT2D eigenvalue weighted by molar-refractivity contribution is 7.99. The number of esters is 2. The van der Waals surface area contributed by atoms with Crippen LogP contribution >= 0.6 is 23.5 Å². The molecule has 0 aliphatic heterocycles. The summed E-state index contributed by atoms with van der Waals surface area (Å²) in [5, 5.41) is 4.92. The smallest absolute Gasteiger partial charge is 0.407 e. The van der Waals surface area contributed by atoms with Gasteiger partial charge in [0.2, 0.25) is 0 Å². The van der Waals surface area contributed by atoms with Crippen LogP contribution in [0.15, 0.2) is 39.7 Å². The molecule has 0 fully saturated rings. The van der Waals surface area contributed by atoms with E-state index in [4.69, 9.17) is 18.9 Å². The number of alkyl carbamates (subject to hydrolysis) is 2. The summed E-state index contributed by atoms with van der Waals surface area (Å²) in [6.07, 6.45) is 3.10. The quantitative estimate of drug-likeness (QED) is 0.0472. The molecular weight excluding hydrogens is 788 g/mol. The fourth-order valence-electron chi connectivity index (χ4n) is 4.71. The number of hydrogen-bond donors (Lipinski definition) is 2. The Morgan fingerprint density at radius 2 is 0.929 bits per heavy atom. The summed E-state index contributed by atoms with van der Waals surface area (Å²) in [6.45, 7) is 5.20. The number of nitrogens with one attached hydrogen (secondary N) is 2. The largest absolute Gasteiger partial charge is 0.461 e. The van der Waals surface area contributed by atoms with E-state index < -0.39 is 53.9 Å². The van der Waals surface area contributed by atoms with Gasteiger partial charge in [0.1, 0.15) is 19.8 Å². The van der Waals surface area contributed by atoms with E-state index >= 15 is 0 Å². The van der Waals surface area contributed by atoms with Gasteiger partial charge in [-0.25, -0.2) is 47.3 Å². The van der Waals surface area contributed by atoms with Crippen molar-refractivity contribution in [3.05, 3.63) is 56.8 Å². The van der Waals surface area contributed by atoms with Gasteiger partial charge in [0.05, 0.1) is 26.3 Å². The average Bonchev–Trinajstić information content (AvgIpc) is 3.16. The number of carbonyl (C=O) groups excluding carboxylic acids is 4. The van der Waals surface area contributed by atoms with Crippen molar-refractivity contribution in [2.45, 2.75) is 90.0 Å². The second-order valence-electron chi connectivity index (χ2n) is 12.0. The van der Waals surface area contributed by atoms with Gasteiger partial charge in [-0.15, -0.1) is 0 Å². The molecule has 0 aromatic carbocycles. The topological polar surface area (TPSA) is 195 Å². The lowest BCUT2D eigenvalue weighted by molar-refractivity contribution is -0.142. The normalized spacial score (nSPS) is 11.1. The molecule has 0 atom stereocenters. The van der Waals surface area contributed by atoms with Gasteiger partial charge in [0, 0.05) is 25.2 Å². The first kappa shape index (κ1) is 49.9. The Bertz CT molecular complexity index is 1450. The predicted octanol–water partition coefficient (Wildman–Crippen LogP) is 4.01. The second-order valence-corrected chi connectivity index (χ2v) is 14.4. The zero-order valence-corrected chi connectivity index (χ0v) is 33.2. The van der Waals surface area contributed by atoms with Crippen molar-refractivity contribution in [3.63, 3.8) is 0 Å². The lowest BCUT2D eigenvalue weighted by Crippen LogP contribution is -2.55. The second kappa shape index (κ2) is 30.1. The highest BCUT2D eigenvalue weighted by Crippen LogP contribution is 2.15. The van der Waals surface area contributed by atoms with Crippen LogP contribution in [0, 0.1) is 0 Å². The third-order valence-electron chi connectivity index (χ3n) is 7.46. The molecule has 1 rings (SSSR count). The SMILES string of the molecule is C=CC(=O)OCCNC(=O)OCCCCCCSCCCn1c(=O)n(CCCSCCCCCCOC(=O)NCCOC(=O)C=C)c(=O)n(CC(F)(F)F)c1=O. The number of aromatic nitrogens is 3. The van der Waals surface area contributed by atoms with Gasteiger partial charge in [-0.1, -0.05) is 38.8 Å². The first-order chi connectivity index (χ1) is 26.8. The van der Waals surface area contributed by atoms with E-state index in [9.17, 15) is 46.7 Å². The molecule has 0 bridgehead atoms. The number of alkyl halides is 3. The molecule has 21 heteroatoms. The zero-order valence-electron chi connectivity index (χ0n) is 31.6. The number of thioether (sulfide) groups is 2. The maximum Gasteiger partial charge on any atom is 0.407 e. The number of hydrogen-bond acceptors (Lipinski definition) is 13. The molecule has 2 amide bonds. The van der Waals surface area contributed by atoms with Gasteiger partial charge in [0.15, 0.2) is 0 Å². The molecule has 0 saturated carbocycles. The Balaban J connectivity index is 2.36. The van der Waals surface area contributed by atoms with E-state index in [1.165, 1.54) is 0 Å². The van der Waals surface area contributed by atoms with Crippen molar-refractivity contribution >= 4 is 47.6 Å². The van der Waals surface area contributed by atoms with Crippen LogP contribution in [0.25, 0.3) is 0 Å².